The number of benzene rings is 1. The van der Waals surface area contributed by atoms with Crippen molar-refractivity contribution >= 4 is 17.6 Å². The van der Waals surface area contributed by atoms with Gasteiger partial charge in [-0.2, -0.15) is 0 Å². The lowest BCUT2D eigenvalue weighted by Gasteiger charge is -2.15. The summed E-state index contributed by atoms with van der Waals surface area (Å²) in [6.07, 6.45) is 3.15. The molecule has 0 amide bonds. The van der Waals surface area contributed by atoms with Crippen molar-refractivity contribution in [2.45, 2.75) is 32.4 Å². The summed E-state index contributed by atoms with van der Waals surface area (Å²) in [6, 6.07) is 4.53. The third-order valence-electron chi connectivity index (χ3n) is 3.46. The number of rotatable bonds is 4. The average molecular weight is 308 g/mol. The van der Waals surface area contributed by atoms with Gasteiger partial charge in [0.25, 0.3) is 0 Å². The van der Waals surface area contributed by atoms with Crippen molar-refractivity contribution in [3.05, 3.63) is 40.4 Å². The van der Waals surface area contributed by atoms with E-state index < -0.39 is 5.97 Å². The molecule has 0 unspecified atom stereocenters. The van der Waals surface area contributed by atoms with Crippen LogP contribution in [0.2, 0.25) is 5.02 Å². The van der Waals surface area contributed by atoms with E-state index in [1.165, 1.54) is 6.07 Å². The normalized spacial score (nSPS) is 13.8. The highest BCUT2D eigenvalue weighted by atomic mass is 35.5. The molecule has 1 aromatic carbocycles. The first-order valence-electron chi connectivity index (χ1n) is 6.72. The molecule has 1 aliphatic heterocycles. The number of carbonyl (C=O) groups is 1. The fraction of sp³-hybridized carbons (Fsp3) is 0.357. The molecule has 110 valence electrons. The van der Waals surface area contributed by atoms with Crippen LogP contribution in [0.5, 0.6) is 5.75 Å². The van der Waals surface area contributed by atoms with Gasteiger partial charge in [0, 0.05) is 18.0 Å². The Kier molecular flexibility index (Phi) is 3.79. The maximum absolute atomic E-state index is 11.2. The summed E-state index contributed by atoms with van der Waals surface area (Å²) in [5.41, 5.74) is 0.0425. The highest BCUT2D eigenvalue weighted by Crippen LogP contribution is 2.24. The minimum Gasteiger partial charge on any atom is -0.485 e. The molecule has 2 heterocycles. The zero-order valence-electron chi connectivity index (χ0n) is 11.3. The van der Waals surface area contributed by atoms with Crippen molar-refractivity contribution in [3.8, 4) is 5.75 Å². The topological polar surface area (TPSA) is 77.2 Å². The van der Waals surface area contributed by atoms with Gasteiger partial charge in [-0.25, -0.2) is 4.79 Å². The summed E-state index contributed by atoms with van der Waals surface area (Å²) < 4.78 is 7.64. The Hall–Kier alpha value is -2.08. The fourth-order valence-electron chi connectivity index (χ4n) is 2.41. The van der Waals surface area contributed by atoms with Gasteiger partial charge in [0.05, 0.1) is 0 Å². The number of fused-ring (bicyclic) bond motifs is 1. The molecule has 0 saturated carbocycles. The van der Waals surface area contributed by atoms with E-state index in [1.54, 1.807) is 12.1 Å². The second-order valence-electron chi connectivity index (χ2n) is 4.88. The Morgan fingerprint density at radius 3 is 3.05 bits per heavy atom. The number of aromatic nitrogens is 3. The largest absolute Gasteiger partial charge is 0.485 e. The number of carboxylic acids is 1. The molecule has 3 rings (SSSR count). The summed E-state index contributed by atoms with van der Waals surface area (Å²) in [4.78, 5) is 11.2. The molecule has 0 atom stereocenters. The van der Waals surface area contributed by atoms with Crippen LogP contribution in [0.25, 0.3) is 0 Å². The van der Waals surface area contributed by atoms with Crippen LogP contribution in [0.3, 0.4) is 0 Å². The van der Waals surface area contributed by atoms with Crippen molar-refractivity contribution in [2.75, 3.05) is 0 Å². The lowest BCUT2D eigenvalue weighted by Crippen LogP contribution is -2.15. The average Bonchev–Trinajstić information content (AvgIpc) is 2.89. The van der Waals surface area contributed by atoms with Crippen LogP contribution in [-0.2, 0) is 19.6 Å². The number of ether oxygens (including phenoxy) is 1. The van der Waals surface area contributed by atoms with Crippen LogP contribution < -0.4 is 4.74 Å². The molecule has 0 saturated heterocycles. The maximum atomic E-state index is 11.2. The van der Waals surface area contributed by atoms with Gasteiger partial charge in [-0.3, -0.25) is 0 Å². The second kappa shape index (κ2) is 5.73. The highest BCUT2D eigenvalue weighted by molar-refractivity contribution is 6.31. The molecule has 0 spiro atoms. The van der Waals surface area contributed by atoms with E-state index in [-0.39, 0.29) is 17.9 Å². The number of nitrogens with zero attached hydrogens (tertiary/aromatic N) is 3. The summed E-state index contributed by atoms with van der Waals surface area (Å²) >= 11 is 5.81. The third-order valence-corrected chi connectivity index (χ3v) is 3.70. The van der Waals surface area contributed by atoms with Gasteiger partial charge in [-0.15, -0.1) is 10.2 Å². The lowest BCUT2D eigenvalue weighted by molar-refractivity contribution is 0.0691. The summed E-state index contributed by atoms with van der Waals surface area (Å²) in [5.74, 6) is 0.890. The molecular weight excluding hydrogens is 294 g/mol. The number of hydrogen-bond donors (Lipinski definition) is 1. The van der Waals surface area contributed by atoms with Crippen LogP contribution >= 0.6 is 11.6 Å². The van der Waals surface area contributed by atoms with Gasteiger partial charge < -0.3 is 14.4 Å². The van der Waals surface area contributed by atoms with Gasteiger partial charge in [0.1, 0.15) is 23.7 Å². The number of halogens is 1. The SMILES string of the molecule is O=C(O)c1cc(Cl)ccc1OCc1nnc2n1CCCC2. The Morgan fingerprint density at radius 1 is 1.38 bits per heavy atom. The summed E-state index contributed by atoms with van der Waals surface area (Å²) in [6.45, 7) is 1.07. The number of aryl methyl sites for hydroxylation is 1. The number of carboxylic acid groups (broad SMARTS) is 1. The third kappa shape index (κ3) is 2.85. The molecule has 1 N–H and O–H groups in total. The first-order chi connectivity index (χ1) is 10.1. The highest BCUT2D eigenvalue weighted by Gasteiger charge is 2.17. The fourth-order valence-corrected chi connectivity index (χ4v) is 2.58. The molecule has 21 heavy (non-hydrogen) atoms. The predicted molar refractivity (Wildman–Crippen MR) is 75.7 cm³/mol. The van der Waals surface area contributed by atoms with E-state index in [4.69, 9.17) is 21.4 Å². The van der Waals surface area contributed by atoms with Crippen molar-refractivity contribution in [2.24, 2.45) is 0 Å². The van der Waals surface area contributed by atoms with E-state index in [0.717, 1.165) is 37.5 Å². The van der Waals surface area contributed by atoms with Crippen LogP contribution in [0.4, 0.5) is 0 Å². The number of hydrogen-bond acceptors (Lipinski definition) is 4. The minimum absolute atomic E-state index is 0.0425. The Bertz CT molecular complexity index is 684. The van der Waals surface area contributed by atoms with Crippen LogP contribution in [-0.4, -0.2) is 25.8 Å². The molecule has 1 aliphatic rings. The Labute approximate surface area is 126 Å². The Morgan fingerprint density at radius 2 is 2.24 bits per heavy atom. The number of aromatic carboxylic acids is 1. The molecule has 0 fully saturated rings. The monoisotopic (exact) mass is 307 g/mol. The Balaban J connectivity index is 1.79. The first-order valence-corrected chi connectivity index (χ1v) is 7.09. The van der Waals surface area contributed by atoms with E-state index in [9.17, 15) is 4.79 Å². The van der Waals surface area contributed by atoms with E-state index in [2.05, 4.69) is 10.2 Å². The summed E-state index contributed by atoms with van der Waals surface area (Å²) in [7, 11) is 0. The molecule has 0 bridgehead atoms. The van der Waals surface area contributed by atoms with E-state index in [0.29, 0.717) is 5.02 Å². The molecule has 1 aromatic heterocycles. The van der Waals surface area contributed by atoms with E-state index >= 15 is 0 Å². The van der Waals surface area contributed by atoms with Gasteiger partial charge >= 0.3 is 5.97 Å². The smallest absolute Gasteiger partial charge is 0.339 e. The molecule has 0 radical (unpaired) electrons. The predicted octanol–water partition coefficient (Wildman–Crippen LogP) is 2.55. The molecule has 6 nitrogen and oxygen atoms in total. The van der Waals surface area contributed by atoms with Crippen LogP contribution in [0.1, 0.15) is 34.8 Å². The van der Waals surface area contributed by atoms with Crippen molar-refractivity contribution in [1.82, 2.24) is 14.8 Å². The standard InChI is InChI=1S/C14H14ClN3O3/c15-9-4-5-11(10(7-9)14(19)20)21-8-13-17-16-12-3-1-2-6-18(12)13/h4-5,7H,1-3,6,8H2,(H,19,20). The first kappa shape index (κ1) is 13.9. The van der Waals surface area contributed by atoms with Crippen molar-refractivity contribution in [3.63, 3.8) is 0 Å². The zero-order valence-corrected chi connectivity index (χ0v) is 12.0. The van der Waals surface area contributed by atoms with Gasteiger partial charge in [0.15, 0.2) is 5.82 Å². The van der Waals surface area contributed by atoms with Crippen LogP contribution in [0, 0.1) is 0 Å². The van der Waals surface area contributed by atoms with Gasteiger partial charge in [0.2, 0.25) is 0 Å². The molecule has 0 aliphatic carbocycles. The zero-order chi connectivity index (χ0) is 14.8. The van der Waals surface area contributed by atoms with Gasteiger partial charge in [-0.1, -0.05) is 11.6 Å². The van der Waals surface area contributed by atoms with Gasteiger partial charge in [-0.05, 0) is 31.0 Å². The quantitative estimate of drug-likeness (QED) is 0.939. The van der Waals surface area contributed by atoms with E-state index in [1.807, 2.05) is 4.57 Å². The molecular formula is C14H14ClN3O3. The van der Waals surface area contributed by atoms with Crippen LogP contribution in [0.15, 0.2) is 18.2 Å². The summed E-state index contributed by atoms with van der Waals surface area (Å²) in [5, 5.41) is 17.8. The lowest BCUT2D eigenvalue weighted by atomic mass is 10.2. The molecule has 2 aromatic rings. The van der Waals surface area contributed by atoms with Crippen molar-refractivity contribution in [1.29, 1.82) is 0 Å². The van der Waals surface area contributed by atoms with Crippen molar-refractivity contribution < 1.29 is 14.6 Å². The minimum atomic E-state index is -1.07. The maximum Gasteiger partial charge on any atom is 0.339 e. The second-order valence-corrected chi connectivity index (χ2v) is 5.31. The molecule has 7 heteroatoms.